The molecule has 0 aliphatic heterocycles. The first-order chi connectivity index (χ1) is 7.01. The van der Waals surface area contributed by atoms with Gasteiger partial charge in [0.25, 0.3) is 0 Å². The highest BCUT2D eigenvalue weighted by Gasteiger charge is 2.31. The number of halogens is 3. The van der Waals surface area contributed by atoms with Gasteiger partial charge in [-0.25, -0.2) is 4.98 Å². The Morgan fingerprint density at radius 2 is 2.07 bits per heavy atom. The summed E-state index contributed by atoms with van der Waals surface area (Å²) in [6, 6.07) is 2.64. The molecular weight excluding hydrogens is 211 g/mol. The van der Waals surface area contributed by atoms with Crippen molar-refractivity contribution in [3.8, 4) is 5.88 Å². The molecule has 0 bridgehead atoms. The third-order valence-electron chi connectivity index (χ3n) is 1.64. The summed E-state index contributed by atoms with van der Waals surface area (Å²) >= 11 is 0. The number of aromatic nitrogens is 1. The van der Waals surface area contributed by atoms with Crippen molar-refractivity contribution in [1.82, 2.24) is 4.98 Å². The molecule has 0 aromatic carbocycles. The van der Waals surface area contributed by atoms with Gasteiger partial charge in [0.15, 0.2) is 0 Å². The molecule has 1 N–H and O–H groups in total. The standard InChI is InChI=1S/C9H10F3NO2/c10-9(11,12)15-8-4-3-7(6-13-8)2-1-5-14/h3-4,6,14H,1-2,5H2. The Morgan fingerprint density at radius 3 is 2.53 bits per heavy atom. The van der Waals surface area contributed by atoms with Crippen LogP contribution in [-0.2, 0) is 6.42 Å². The van der Waals surface area contributed by atoms with Crippen LogP contribution in [0, 0.1) is 0 Å². The van der Waals surface area contributed by atoms with Crippen LogP contribution in [0.3, 0.4) is 0 Å². The van der Waals surface area contributed by atoms with Crippen LogP contribution in [0.15, 0.2) is 18.3 Å². The second-order valence-electron chi connectivity index (χ2n) is 2.88. The number of nitrogens with zero attached hydrogens (tertiary/aromatic N) is 1. The molecule has 0 unspecified atom stereocenters. The van der Waals surface area contributed by atoms with Crippen LogP contribution in [0.1, 0.15) is 12.0 Å². The fraction of sp³-hybridized carbons (Fsp3) is 0.444. The average Bonchev–Trinajstić information content (AvgIpc) is 2.14. The van der Waals surface area contributed by atoms with Gasteiger partial charge in [-0.1, -0.05) is 6.07 Å². The smallest absolute Gasteiger partial charge is 0.396 e. The summed E-state index contributed by atoms with van der Waals surface area (Å²) in [5.41, 5.74) is 0.763. The SMILES string of the molecule is OCCCc1ccc(OC(F)(F)F)nc1. The minimum atomic E-state index is -4.71. The molecule has 0 aliphatic carbocycles. The van der Waals surface area contributed by atoms with E-state index in [1.165, 1.54) is 12.3 Å². The molecule has 0 spiro atoms. The predicted molar refractivity (Wildman–Crippen MR) is 46.3 cm³/mol. The van der Waals surface area contributed by atoms with Crippen LogP contribution in [-0.4, -0.2) is 23.1 Å². The Kier molecular flexibility index (Phi) is 3.90. The van der Waals surface area contributed by atoms with Crippen molar-refractivity contribution in [2.24, 2.45) is 0 Å². The molecular formula is C9H10F3NO2. The topological polar surface area (TPSA) is 42.4 Å². The zero-order chi connectivity index (χ0) is 11.3. The number of rotatable bonds is 4. The third-order valence-corrected chi connectivity index (χ3v) is 1.64. The van der Waals surface area contributed by atoms with Crippen molar-refractivity contribution >= 4 is 0 Å². The highest BCUT2D eigenvalue weighted by atomic mass is 19.4. The van der Waals surface area contributed by atoms with Crippen molar-refractivity contribution < 1.29 is 23.0 Å². The van der Waals surface area contributed by atoms with Gasteiger partial charge in [-0.2, -0.15) is 0 Å². The minimum absolute atomic E-state index is 0.0425. The van der Waals surface area contributed by atoms with Gasteiger partial charge in [-0.05, 0) is 18.4 Å². The first-order valence-electron chi connectivity index (χ1n) is 4.33. The quantitative estimate of drug-likeness (QED) is 0.844. The van der Waals surface area contributed by atoms with Crippen LogP contribution in [0.25, 0.3) is 0 Å². The summed E-state index contributed by atoms with van der Waals surface area (Å²) in [6.45, 7) is 0.0425. The van der Waals surface area contributed by atoms with Crippen molar-refractivity contribution in [3.05, 3.63) is 23.9 Å². The van der Waals surface area contributed by atoms with E-state index in [2.05, 4.69) is 9.72 Å². The monoisotopic (exact) mass is 221 g/mol. The van der Waals surface area contributed by atoms with Gasteiger partial charge in [0.1, 0.15) is 0 Å². The summed E-state index contributed by atoms with van der Waals surface area (Å²) in [5.74, 6) is -0.477. The lowest BCUT2D eigenvalue weighted by atomic mass is 10.2. The van der Waals surface area contributed by atoms with Crippen LogP contribution >= 0.6 is 0 Å². The lowest BCUT2D eigenvalue weighted by Gasteiger charge is -2.07. The van der Waals surface area contributed by atoms with Gasteiger partial charge in [0.05, 0.1) is 0 Å². The number of hydrogen-bond acceptors (Lipinski definition) is 3. The normalized spacial score (nSPS) is 11.5. The fourth-order valence-corrected chi connectivity index (χ4v) is 1.02. The maximum Gasteiger partial charge on any atom is 0.574 e. The molecule has 1 heterocycles. The minimum Gasteiger partial charge on any atom is -0.396 e. The molecule has 0 radical (unpaired) electrons. The van der Waals surface area contributed by atoms with Crippen molar-refractivity contribution in [2.45, 2.75) is 19.2 Å². The molecule has 0 saturated carbocycles. The van der Waals surface area contributed by atoms with E-state index >= 15 is 0 Å². The van der Waals surface area contributed by atoms with Crippen LogP contribution < -0.4 is 4.74 Å². The van der Waals surface area contributed by atoms with E-state index in [9.17, 15) is 13.2 Å². The van der Waals surface area contributed by atoms with Gasteiger partial charge in [-0.15, -0.1) is 13.2 Å². The highest BCUT2D eigenvalue weighted by molar-refractivity contribution is 5.18. The second-order valence-corrected chi connectivity index (χ2v) is 2.88. The fourth-order valence-electron chi connectivity index (χ4n) is 1.02. The first kappa shape index (κ1) is 11.8. The lowest BCUT2D eigenvalue weighted by Crippen LogP contribution is -2.17. The number of aliphatic hydroxyl groups excluding tert-OH is 1. The van der Waals surface area contributed by atoms with Crippen molar-refractivity contribution in [1.29, 1.82) is 0 Å². The summed E-state index contributed by atoms with van der Waals surface area (Å²) in [7, 11) is 0. The number of aryl methyl sites for hydroxylation is 1. The summed E-state index contributed by atoms with van der Waals surface area (Å²) in [5, 5.41) is 8.54. The van der Waals surface area contributed by atoms with Crippen molar-refractivity contribution in [2.75, 3.05) is 6.61 Å². The van der Waals surface area contributed by atoms with Gasteiger partial charge >= 0.3 is 6.36 Å². The van der Waals surface area contributed by atoms with E-state index in [4.69, 9.17) is 5.11 Å². The van der Waals surface area contributed by atoms with E-state index in [0.29, 0.717) is 12.8 Å². The Bertz CT molecular complexity index is 297. The molecule has 6 heteroatoms. The maximum atomic E-state index is 11.7. The van der Waals surface area contributed by atoms with E-state index < -0.39 is 12.2 Å². The zero-order valence-corrected chi connectivity index (χ0v) is 7.79. The largest absolute Gasteiger partial charge is 0.574 e. The molecule has 15 heavy (non-hydrogen) atoms. The molecule has 0 saturated heterocycles. The summed E-state index contributed by atoms with van der Waals surface area (Å²) in [4.78, 5) is 3.49. The van der Waals surface area contributed by atoms with Crippen LogP contribution in [0.5, 0.6) is 5.88 Å². The molecule has 0 amide bonds. The Hall–Kier alpha value is -1.30. The molecule has 0 aliphatic rings. The Morgan fingerprint density at radius 1 is 1.33 bits per heavy atom. The first-order valence-corrected chi connectivity index (χ1v) is 4.33. The second kappa shape index (κ2) is 4.97. The predicted octanol–water partition coefficient (Wildman–Crippen LogP) is 1.91. The molecule has 0 fully saturated rings. The summed E-state index contributed by atoms with van der Waals surface area (Å²) < 4.78 is 38.8. The third kappa shape index (κ3) is 4.64. The molecule has 0 atom stereocenters. The zero-order valence-electron chi connectivity index (χ0n) is 7.79. The lowest BCUT2D eigenvalue weighted by molar-refractivity contribution is -0.276. The van der Waals surface area contributed by atoms with Crippen LogP contribution in [0.4, 0.5) is 13.2 Å². The number of aliphatic hydroxyl groups is 1. The highest BCUT2D eigenvalue weighted by Crippen LogP contribution is 2.20. The number of alkyl halides is 3. The molecule has 1 aromatic heterocycles. The van der Waals surface area contributed by atoms with Crippen molar-refractivity contribution in [3.63, 3.8) is 0 Å². The average molecular weight is 221 g/mol. The van der Waals surface area contributed by atoms with E-state index in [-0.39, 0.29) is 6.61 Å². The van der Waals surface area contributed by atoms with E-state index in [1.54, 1.807) is 0 Å². The maximum absolute atomic E-state index is 11.7. The van der Waals surface area contributed by atoms with Gasteiger partial charge < -0.3 is 9.84 Å². The Balaban J connectivity index is 2.56. The van der Waals surface area contributed by atoms with Gasteiger partial charge in [0.2, 0.25) is 5.88 Å². The molecule has 3 nitrogen and oxygen atoms in total. The summed E-state index contributed by atoms with van der Waals surface area (Å²) in [6.07, 6.45) is -2.27. The van der Waals surface area contributed by atoms with E-state index in [1.807, 2.05) is 0 Å². The number of ether oxygens (including phenoxy) is 1. The van der Waals surface area contributed by atoms with Gasteiger partial charge in [-0.3, -0.25) is 0 Å². The number of pyridine rings is 1. The van der Waals surface area contributed by atoms with Gasteiger partial charge in [0, 0.05) is 18.9 Å². The molecule has 1 rings (SSSR count). The molecule has 1 aromatic rings. The van der Waals surface area contributed by atoms with Crippen LogP contribution in [0.2, 0.25) is 0 Å². The number of hydrogen-bond donors (Lipinski definition) is 1. The Labute approximate surface area is 84.5 Å². The van der Waals surface area contributed by atoms with E-state index in [0.717, 1.165) is 11.6 Å². The molecule has 84 valence electrons.